The van der Waals surface area contributed by atoms with E-state index in [1.807, 2.05) is 17.5 Å². The van der Waals surface area contributed by atoms with E-state index in [2.05, 4.69) is 16.0 Å². The van der Waals surface area contributed by atoms with Crippen molar-refractivity contribution in [3.63, 3.8) is 0 Å². The lowest BCUT2D eigenvalue weighted by molar-refractivity contribution is 0.629. The minimum atomic E-state index is -0.330. The number of rotatable bonds is 2. The van der Waals surface area contributed by atoms with Crippen molar-refractivity contribution in [2.75, 3.05) is 0 Å². The van der Waals surface area contributed by atoms with Gasteiger partial charge in [0.25, 0.3) is 0 Å². The van der Waals surface area contributed by atoms with Crippen LogP contribution in [0.5, 0.6) is 0 Å². The molecule has 0 atom stereocenters. The van der Waals surface area contributed by atoms with Crippen LogP contribution in [-0.2, 0) is 0 Å². The fourth-order valence-electron chi connectivity index (χ4n) is 1.78. The molecule has 2 heterocycles. The van der Waals surface area contributed by atoms with E-state index in [1.165, 1.54) is 12.1 Å². The molecule has 19 heavy (non-hydrogen) atoms. The quantitative estimate of drug-likeness (QED) is 0.719. The largest absolute Gasteiger partial charge is 0.337 e. The Morgan fingerprint density at radius 3 is 3.05 bits per heavy atom. The summed E-state index contributed by atoms with van der Waals surface area (Å²) in [6, 6.07) is 10.3. The van der Waals surface area contributed by atoms with Crippen molar-refractivity contribution in [3.8, 4) is 6.07 Å². The van der Waals surface area contributed by atoms with E-state index >= 15 is 0 Å². The van der Waals surface area contributed by atoms with E-state index < -0.39 is 0 Å². The predicted octanol–water partition coefficient (Wildman–Crippen LogP) is 3.83. The molecule has 2 aromatic heterocycles. The Morgan fingerprint density at radius 2 is 2.32 bits per heavy atom. The number of imidazole rings is 1. The monoisotopic (exact) mass is 269 g/mol. The van der Waals surface area contributed by atoms with Crippen molar-refractivity contribution in [2.24, 2.45) is 0 Å². The lowest BCUT2D eigenvalue weighted by Gasteiger charge is -1.91. The Balaban J connectivity index is 2.10. The molecule has 0 unspecified atom stereocenters. The fraction of sp³-hybridized carbons (Fsp3) is 0. The summed E-state index contributed by atoms with van der Waals surface area (Å²) in [6.07, 6.45) is 1.76. The van der Waals surface area contributed by atoms with Crippen LogP contribution in [0, 0.1) is 17.1 Å². The number of aromatic amines is 1. The van der Waals surface area contributed by atoms with Crippen molar-refractivity contribution in [1.82, 2.24) is 9.97 Å². The first kappa shape index (κ1) is 11.6. The maximum Gasteiger partial charge on any atom is 0.149 e. The van der Waals surface area contributed by atoms with E-state index in [9.17, 15) is 9.65 Å². The SMILES string of the molecule is N#C/C(=C/c1cccs1)c1nc2ccc(F)cc2[nH]1. The topological polar surface area (TPSA) is 52.5 Å². The van der Waals surface area contributed by atoms with E-state index in [-0.39, 0.29) is 5.82 Å². The van der Waals surface area contributed by atoms with Crippen LogP contribution in [0.3, 0.4) is 0 Å². The summed E-state index contributed by atoms with van der Waals surface area (Å²) in [7, 11) is 0. The van der Waals surface area contributed by atoms with E-state index in [4.69, 9.17) is 0 Å². The molecule has 3 aromatic rings. The van der Waals surface area contributed by atoms with Gasteiger partial charge in [0.15, 0.2) is 0 Å². The van der Waals surface area contributed by atoms with Crippen molar-refractivity contribution >= 4 is 34.0 Å². The van der Waals surface area contributed by atoms with Gasteiger partial charge in [0, 0.05) is 4.88 Å². The van der Waals surface area contributed by atoms with Crippen molar-refractivity contribution in [3.05, 3.63) is 52.2 Å². The van der Waals surface area contributed by atoms with Gasteiger partial charge in [-0.15, -0.1) is 11.3 Å². The molecule has 0 radical (unpaired) electrons. The van der Waals surface area contributed by atoms with Crippen LogP contribution in [0.4, 0.5) is 4.39 Å². The lowest BCUT2D eigenvalue weighted by Crippen LogP contribution is -1.83. The molecule has 3 nitrogen and oxygen atoms in total. The van der Waals surface area contributed by atoms with Gasteiger partial charge >= 0.3 is 0 Å². The number of hydrogen-bond donors (Lipinski definition) is 1. The maximum absolute atomic E-state index is 13.1. The van der Waals surface area contributed by atoms with Gasteiger partial charge in [-0.3, -0.25) is 0 Å². The van der Waals surface area contributed by atoms with E-state index in [1.54, 1.807) is 23.5 Å². The second kappa shape index (κ2) is 4.67. The number of benzene rings is 1. The number of hydrogen-bond acceptors (Lipinski definition) is 3. The average Bonchev–Trinajstić information content (AvgIpc) is 3.03. The first-order chi connectivity index (χ1) is 9.26. The zero-order chi connectivity index (χ0) is 13.2. The number of halogens is 1. The Kier molecular flexibility index (Phi) is 2.86. The highest BCUT2D eigenvalue weighted by atomic mass is 32.1. The van der Waals surface area contributed by atoms with Gasteiger partial charge < -0.3 is 4.98 Å². The molecule has 3 rings (SSSR count). The zero-order valence-electron chi connectivity index (χ0n) is 9.72. The molecule has 5 heteroatoms. The lowest BCUT2D eigenvalue weighted by atomic mass is 10.2. The second-order valence-corrected chi connectivity index (χ2v) is 4.91. The number of nitrogens with one attached hydrogen (secondary N) is 1. The number of allylic oxidation sites excluding steroid dienone is 1. The number of nitriles is 1. The number of fused-ring (bicyclic) bond motifs is 1. The van der Waals surface area contributed by atoms with Gasteiger partial charge in [0.05, 0.1) is 16.6 Å². The molecule has 0 saturated carbocycles. The molecule has 1 N–H and O–H groups in total. The minimum Gasteiger partial charge on any atom is -0.337 e. The second-order valence-electron chi connectivity index (χ2n) is 3.93. The number of H-pyrrole nitrogens is 1. The third-order valence-corrected chi connectivity index (χ3v) is 3.47. The van der Waals surface area contributed by atoms with Crippen LogP contribution in [0.15, 0.2) is 35.7 Å². The molecule has 0 spiro atoms. The van der Waals surface area contributed by atoms with Gasteiger partial charge in [0.1, 0.15) is 17.7 Å². The molecule has 0 amide bonds. The minimum absolute atomic E-state index is 0.330. The van der Waals surface area contributed by atoms with Crippen molar-refractivity contribution in [1.29, 1.82) is 5.26 Å². The highest BCUT2D eigenvalue weighted by molar-refractivity contribution is 7.10. The standard InChI is InChI=1S/C14H8FN3S/c15-10-3-4-12-13(7-10)18-14(17-12)9(8-16)6-11-2-1-5-19-11/h1-7H,(H,17,18)/b9-6-. The normalized spacial score (nSPS) is 11.7. The molecule has 92 valence electrons. The Morgan fingerprint density at radius 1 is 1.42 bits per heavy atom. The Labute approximate surface area is 112 Å². The van der Waals surface area contributed by atoms with Crippen LogP contribution in [0.2, 0.25) is 0 Å². The summed E-state index contributed by atoms with van der Waals surface area (Å²) in [5.74, 6) is 0.125. The summed E-state index contributed by atoms with van der Waals surface area (Å²) in [5.41, 5.74) is 1.66. The summed E-state index contributed by atoms with van der Waals surface area (Å²) in [6.45, 7) is 0. The van der Waals surface area contributed by atoms with E-state index in [0.29, 0.717) is 22.4 Å². The number of nitrogens with zero attached hydrogens (tertiary/aromatic N) is 2. The van der Waals surface area contributed by atoms with Gasteiger partial charge in [-0.25, -0.2) is 9.37 Å². The fourth-order valence-corrected chi connectivity index (χ4v) is 2.44. The molecule has 0 aliphatic rings. The van der Waals surface area contributed by atoms with Crippen LogP contribution < -0.4 is 0 Å². The molecule has 0 fully saturated rings. The summed E-state index contributed by atoms with van der Waals surface area (Å²) in [5, 5.41) is 11.1. The zero-order valence-corrected chi connectivity index (χ0v) is 10.5. The van der Waals surface area contributed by atoms with Crippen molar-refractivity contribution in [2.45, 2.75) is 0 Å². The number of aromatic nitrogens is 2. The van der Waals surface area contributed by atoms with Crippen LogP contribution in [0.25, 0.3) is 22.7 Å². The smallest absolute Gasteiger partial charge is 0.149 e. The van der Waals surface area contributed by atoms with Crippen LogP contribution >= 0.6 is 11.3 Å². The van der Waals surface area contributed by atoms with Crippen LogP contribution in [0.1, 0.15) is 10.7 Å². The van der Waals surface area contributed by atoms with Crippen molar-refractivity contribution < 1.29 is 4.39 Å². The van der Waals surface area contributed by atoms with Gasteiger partial charge in [-0.2, -0.15) is 5.26 Å². The number of thiophene rings is 1. The van der Waals surface area contributed by atoms with E-state index in [0.717, 1.165) is 4.88 Å². The summed E-state index contributed by atoms with van der Waals surface area (Å²) in [4.78, 5) is 8.23. The third kappa shape index (κ3) is 2.26. The summed E-state index contributed by atoms with van der Waals surface area (Å²) >= 11 is 1.54. The first-order valence-corrected chi connectivity index (χ1v) is 6.45. The van der Waals surface area contributed by atoms with Gasteiger partial charge in [-0.05, 0) is 35.7 Å². The molecule has 0 aliphatic carbocycles. The van der Waals surface area contributed by atoms with Crippen LogP contribution in [-0.4, -0.2) is 9.97 Å². The third-order valence-electron chi connectivity index (χ3n) is 2.65. The molecular weight excluding hydrogens is 261 g/mol. The molecule has 1 aromatic carbocycles. The average molecular weight is 269 g/mol. The molecule has 0 bridgehead atoms. The van der Waals surface area contributed by atoms with Gasteiger partial charge in [0.2, 0.25) is 0 Å². The molecule has 0 aliphatic heterocycles. The molecule has 0 saturated heterocycles. The molecular formula is C14H8FN3S. The predicted molar refractivity (Wildman–Crippen MR) is 73.9 cm³/mol. The maximum atomic E-state index is 13.1. The highest BCUT2D eigenvalue weighted by Crippen LogP contribution is 2.21. The Bertz CT molecular complexity index is 794. The summed E-state index contributed by atoms with van der Waals surface area (Å²) < 4.78 is 13.1. The highest BCUT2D eigenvalue weighted by Gasteiger charge is 2.08. The van der Waals surface area contributed by atoms with Gasteiger partial charge in [-0.1, -0.05) is 6.07 Å². The first-order valence-electron chi connectivity index (χ1n) is 5.57. The Hall–Kier alpha value is -2.45.